The first-order valence-corrected chi connectivity index (χ1v) is 9.44. The third-order valence-corrected chi connectivity index (χ3v) is 5.99. The monoisotopic (exact) mass is 423 g/mol. The van der Waals surface area contributed by atoms with E-state index in [0.717, 1.165) is 0 Å². The van der Waals surface area contributed by atoms with E-state index in [1.807, 2.05) is 0 Å². The first kappa shape index (κ1) is 18.2. The van der Waals surface area contributed by atoms with Gasteiger partial charge in [-0.25, -0.2) is 8.78 Å². The van der Waals surface area contributed by atoms with Gasteiger partial charge in [-0.05, 0) is 25.5 Å². The van der Waals surface area contributed by atoms with Gasteiger partial charge in [-0.3, -0.25) is 9.89 Å². The number of benzene rings is 1. The maximum Gasteiger partial charge on any atom is 0.316 e. The van der Waals surface area contributed by atoms with Crippen molar-refractivity contribution < 1.29 is 18.0 Å². The fourth-order valence-electron chi connectivity index (χ4n) is 3.88. The van der Waals surface area contributed by atoms with Crippen LogP contribution in [0.4, 0.5) is 14.8 Å². The molecule has 0 bridgehead atoms. The van der Waals surface area contributed by atoms with Crippen LogP contribution >= 0.6 is 11.6 Å². The van der Waals surface area contributed by atoms with Gasteiger partial charge < -0.3 is 14.6 Å². The molecular formula is C17H16ClF2N7O2. The van der Waals surface area contributed by atoms with E-state index < -0.39 is 17.4 Å². The zero-order valence-electron chi connectivity index (χ0n) is 15.2. The second kappa shape index (κ2) is 6.09. The number of fused-ring (bicyclic) bond motifs is 1. The van der Waals surface area contributed by atoms with Crippen molar-refractivity contribution in [1.29, 1.82) is 0 Å². The normalized spacial score (nSPS) is 23.7. The van der Waals surface area contributed by atoms with Gasteiger partial charge in [0, 0.05) is 19.5 Å². The summed E-state index contributed by atoms with van der Waals surface area (Å²) in [5, 5.41) is 21.5. The number of likely N-dealkylation sites (tertiary alicyclic amines) is 1. The van der Waals surface area contributed by atoms with Crippen LogP contribution in [-0.2, 0) is 4.79 Å². The van der Waals surface area contributed by atoms with Crippen molar-refractivity contribution in [3.8, 4) is 11.5 Å². The molecule has 3 aromatic rings. The zero-order chi connectivity index (χ0) is 20.4. The highest BCUT2D eigenvalue weighted by atomic mass is 35.5. The summed E-state index contributed by atoms with van der Waals surface area (Å²) in [5.74, 6) is -2.75. The van der Waals surface area contributed by atoms with Crippen LogP contribution in [0.5, 0.6) is 0 Å². The van der Waals surface area contributed by atoms with E-state index in [9.17, 15) is 13.6 Å². The quantitative estimate of drug-likeness (QED) is 0.663. The van der Waals surface area contributed by atoms with Gasteiger partial charge >= 0.3 is 6.01 Å². The van der Waals surface area contributed by atoms with Gasteiger partial charge in [0.15, 0.2) is 0 Å². The summed E-state index contributed by atoms with van der Waals surface area (Å²) in [6.07, 6.45) is 0.185. The lowest BCUT2D eigenvalue weighted by molar-refractivity contribution is -0.131. The average molecular weight is 424 g/mol. The van der Waals surface area contributed by atoms with Gasteiger partial charge in [-0.15, -0.1) is 10.2 Å². The SMILES string of the molecule is C[C@@H](Nc1nnc(-c2ccc(Cl)c3nn[nH]c23)o1)C(=O)N1CC[C@]2(C1)CC2(F)F. The molecule has 1 aliphatic heterocycles. The molecule has 12 heteroatoms. The van der Waals surface area contributed by atoms with Crippen LogP contribution in [0.2, 0.25) is 5.02 Å². The highest BCUT2D eigenvalue weighted by molar-refractivity contribution is 6.35. The zero-order valence-corrected chi connectivity index (χ0v) is 16.0. The van der Waals surface area contributed by atoms with E-state index in [1.54, 1.807) is 19.1 Å². The number of halogens is 3. The first-order chi connectivity index (χ1) is 13.8. The Morgan fingerprint density at radius 1 is 1.38 bits per heavy atom. The van der Waals surface area contributed by atoms with Crippen molar-refractivity contribution in [3.05, 3.63) is 17.2 Å². The lowest BCUT2D eigenvalue weighted by atomic mass is 10.1. The molecule has 5 rings (SSSR count). The highest BCUT2D eigenvalue weighted by Crippen LogP contribution is 2.65. The maximum atomic E-state index is 13.5. The average Bonchev–Trinajstić information content (AvgIpc) is 3.23. The van der Waals surface area contributed by atoms with Crippen LogP contribution in [0, 0.1) is 5.41 Å². The van der Waals surface area contributed by atoms with E-state index in [-0.39, 0.29) is 30.8 Å². The predicted molar refractivity (Wildman–Crippen MR) is 98.5 cm³/mol. The van der Waals surface area contributed by atoms with Gasteiger partial charge in [0.2, 0.25) is 5.91 Å². The highest BCUT2D eigenvalue weighted by Gasteiger charge is 2.73. The summed E-state index contributed by atoms with van der Waals surface area (Å²) in [6.45, 7) is 2.03. The number of nitrogens with zero attached hydrogens (tertiary/aromatic N) is 5. The Labute approximate surface area is 167 Å². The summed E-state index contributed by atoms with van der Waals surface area (Å²) in [6, 6.07) is 2.67. The number of amides is 1. The topological polar surface area (TPSA) is 113 Å². The third kappa shape index (κ3) is 2.83. The number of alkyl halides is 2. The summed E-state index contributed by atoms with van der Waals surface area (Å²) in [4.78, 5) is 14.1. The van der Waals surface area contributed by atoms with Crippen LogP contribution < -0.4 is 5.32 Å². The number of nitrogens with one attached hydrogen (secondary N) is 2. The molecule has 2 aromatic heterocycles. The van der Waals surface area contributed by atoms with Crippen molar-refractivity contribution in [1.82, 2.24) is 30.5 Å². The molecule has 1 saturated carbocycles. The summed E-state index contributed by atoms with van der Waals surface area (Å²) in [5.41, 5.74) is 0.550. The van der Waals surface area contributed by atoms with E-state index in [0.29, 0.717) is 34.6 Å². The minimum Gasteiger partial charge on any atom is -0.403 e. The van der Waals surface area contributed by atoms with Gasteiger partial charge in [-0.1, -0.05) is 21.9 Å². The Morgan fingerprint density at radius 3 is 2.90 bits per heavy atom. The molecule has 1 saturated heterocycles. The molecule has 9 nitrogen and oxygen atoms in total. The Balaban J connectivity index is 1.29. The molecule has 2 aliphatic rings. The van der Waals surface area contributed by atoms with Crippen molar-refractivity contribution in [2.45, 2.75) is 31.7 Å². The second-order valence-corrected chi connectivity index (χ2v) is 7.99. The predicted octanol–water partition coefficient (Wildman–Crippen LogP) is 2.72. The summed E-state index contributed by atoms with van der Waals surface area (Å²) >= 11 is 6.08. The Kier molecular flexibility index (Phi) is 3.83. The number of hydrogen-bond acceptors (Lipinski definition) is 7. The number of H-pyrrole nitrogens is 1. The first-order valence-electron chi connectivity index (χ1n) is 9.06. The van der Waals surface area contributed by atoms with Crippen LogP contribution in [0.1, 0.15) is 19.8 Å². The molecule has 152 valence electrons. The summed E-state index contributed by atoms with van der Waals surface area (Å²) < 4.78 is 32.7. The number of carbonyl (C=O) groups excluding carboxylic acids is 1. The maximum absolute atomic E-state index is 13.5. The summed E-state index contributed by atoms with van der Waals surface area (Å²) in [7, 11) is 0. The number of hydrogen-bond donors (Lipinski definition) is 2. The third-order valence-electron chi connectivity index (χ3n) is 5.68. The van der Waals surface area contributed by atoms with Gasteiger partial charge in [-0.2, -0.15) is 0 Å². The molecule has 3 heterocycles. The molecule has 2 atom stereocenters. The van der Waals surface area contributed by atoms with Crippen LogP contribution in [0.3, 0.4) is 0 Å². The lowest BCUT2D eigenvalue weighted by Crippen LogP contribution is -2.40. The minimum atomic E-state index is -2.66. The minimum absolute atomic E-state index is 0.0436. The smallest absolute Gasteiger partial charge is 0.316 e. The fraction of sp³-hybridized carbons (Fsp3) is 0.471. The number of aromatic amines is 1. The standard InChI is InChI=1S/C17H16ClF2N7O2/c1-8(14(28)27-5-4-16(7-27)6-17(16,19)20)21-15-25-24-13(29-15)9-2-3-10(18)12-11(9)22-26-23-12/h2-3,8H,4-7H2,1H3,(H,21,25)(H,22,23,26)/t8-,16-/m1/s1. The van der Waals surface area contributed by atoms with Crippen molar-refractivity contribution >= 4 is 34.6 Å². The molecule has 1 spiro atoms. The number of aromatic nitrogens is 5. The van der Waals surface area contributed by atoms with Crippen molar-refractivity contribution in [2.24, 2.45) is 5.41 Å². The second-order valence-electron chi connectivity index (χ2n) is 7.58. The molecule has 2 fully saturated rings. The number of carbonyl (C=O) groups is 1. The van der Waals surface area contributed by atoms with Crippen LogP contribution in [0.15, 0.2) is 16.5 Å². The molecule has 1 aromatic carbocycles. The van der Waals surface area contributed by atoms with E-state index >= 15 is 0 Å². The van der Waals surface area contributed by atoms with Crippen LogP contribution in [-0.4, -0.2) is 61.5 Å². The number of anilines is 1. The molecule has 0 radical (unpaired) electrons. The lowest BCUT2D eigenvalue weighted by Gasteiger charge is -2.21. The largest absolute Gasteiger partial charge is 0.403 e. The van der Waals surface area contributed by atoms with Crippen molar-refractivity contribution in [3.63, 3.8) is 0 Å². The Morgan fingerprint density at radius 2 is 2.17 bits per heavy atom. The van der Waals surface area contributed by atoms with Crippen molar-refractivity contribution in [2.75, 3.05) is 18.4 Å². The molecule has 2 N–H and O–H groups in total. The molecule has 1 amide bonds. The van der Waals surface area contributed by atoms with Gasteiger partial charge in [0.1, 0.15) is 11.6 Å². The molecular weight excluding hydrogens is 408 g/mol. The molecule has 29 heavy (non-hydrogen) atoms. The molecule has 1 aliphatic carbocycles. The fourth-order valence-corrected chi connectivity index (χ4v) is 4.07. The van der Waals surface area contributed by atoms with Gasteiger partial charge in [0.25, 0.3) is 11.8 Å². The van der Waals surface area contributed by atoms with Gasteiger partial charge in [0.05, 0.1) is 21.5 Å². The number of rotatable bonds is 4. The van der Waals surface area contributed by atoms with E-state index in [1.165, 1.54) is 4.90 Å². The Hall–Kier alpha value is -2.82. The van der Waals surface area contributed by atoms with E-state index in [4.69, 9.17) is 16.0 Å². The molecule has 0 unspecified atom stereocenters. The van der Waals surface area contributed by atoms with Crippen LogP contribution in [0.25, 0.3) is 22.5 Å². The Bertz CT molecular complexity index is 1120. The van der Waals surface area contributed by atoms with E-state index in [2.05, 4.69) is 30.9 Å².